The quantitative estimate of drug-likeness (QED) is 0.764. The Morgan fingerprint density at radius 3 is 2.83 bits per heavy atom. The summed E-state index contributed by atoms with van der Waals surface area (Å²) in [5.41, 5.74) is 1.55. The van der Waals surface area contributed by atoms with Crippen LogP contribution in [0.15, 0.2) is 40.9 Å². The average Bonchev–Trinajstić information content (AvgIpc) is 3.22. The van der Waals surface area contributed by atoms with E-state index in [1.165, 1.54) is 4.31 Å². The fraction of sp³-hybridized carbons (Fsp3) is 0.375. The van der Waals surface area contributed by atoms with Crippen LogP contribution < -0.4 is 0 Å². The second-order valence-electron chi connectivity index (χ2n) is 5.68. The van der Waals surface area contributed by atoms with E-state index in [2.05, 4.69) is 5.16 Å². The first-order valence-corrected chi connectivity index (χ1v) is 9.44. The summed E-state index contributed by atoms with van der Waals surface area (Å²) < 4.78 is 34.9. The SMILES string of the molecule is CS(=O)(=O)N1CCC[C@H]1C(=O)OCc1cc(-c2ccccc2)no1. The fourth-order valence-electron chi connectivity index (χ4n) is 2.74. The van der Waals surface area contributed by atoms with Gasteiger partial charge in [0.1, 0.15) is 11.7 Å². The largest absolute Gasteiger partial charge is 0.456 e. The molecule has 0 spiro atoms. The third-order valence-electron chi connectivity index (χ3n) is 3.89. The molecular weight excluding hydrogens is 332 g/mol. The Morgan fingerprint density at radius 1 is 1.38 bits per heavy atom. The van der Waals surface area contributed by atoms with Gasteiger partial charge in [0.15, 0.2) is 12.4 Å². The number of carbonyl (C=O) groups excluding carboxylic acids is 1. The summed E-state index contributed by atoms with van der Waals surface area (Å²) in [6.07, 6.45) is 2.21. The van der Waals surface area contributed by atoms with Gasteiger partial charge in [0, 0.05) is 18.2 Å². The average molecular weight is 350 g/mol. The Morgan fingerprint density at radius 2 is 2.12 bits per heavy atom. The van der Waals surface area contributed by atoms with Crippen molar-refractivity contribution in [1.82, 2.24) is 9.46 Å². The molecule has 1 saturated heterocycles. The predicted octanol–water partition coefficient (Wildman–Crippen LogP) is 1.81. The highest BCUT2D eigenvalue weighted by Crippen LogP contribution is 2.23. The van der Waals surface area contributed by atoms with Crippen molar-refractivity contribution >= 4 is 16.0 Å². The molecule has 1 aliphatic rings. The molecule has 24 heavy (non-hydrogen) atoms. The number of hydrogen-bond donors (Lipinski definition) is 0. The van der Waals surface area contributed by atoms with E-state index >= 15 is 0 Å². The van der Waals surface area contributed by atoms with E-state index in [0.29, 0.717) is 30.8 Å². The normalized spacial score (nSPS) is 18.6. The summed E-state index contributed by atoms with van der Waals surface area (Å²) in [6, 6.07) is 10.4. The maximum Gasteiger partial charge on any atom is 0.324 e. The summed E-state index contributed by atoms with van der Waals surface area (Å²) >= 11 is 0. The highest BCUT2D eigenvalue weighted by molar-refractivity contribution is 7.88. The number of carbonyl (C=O) groups is 1. The smallest absolute Gasteiger partial charge is 0.324 e. The van der Waals surface area contributed by atoms with Crippen molar-refractivity contribution in [2.24, 2.45) is 0 Å². The molecule has 128 valence electrons. The number of rotatable bonds is 5. The lowest BCUT2D eigenvalue weighted by Gasteiger charge is -2.20. The monoisotopic (exact) mass is 350 g/mol. The molecule has 7 nitrogen and oxygen atoms in total. The van der Waals surface area contributed by atoms with Crippen molar-refractivity contribution in [3.05, 3.63) is 42.2 Å². The lowest BCUT2D eigenvalue weighted by Crippen LogP contribution is -2.40. The molecule has 1 fully saturated rings. The lowest BCUT2D eigenvalue weighted by molar-refractivity contribution is -0.149. The molecule has 0 aliphatic carbocycles. The van der Waals surface area contributed by atoms with Crippen LogP contribution in [0, 0.1) is 0 Å². The van der Waals surface area contributed by atoms with Crippen LogP contribution in [0.3, 0.4) is 0 Å². The number of sulfonamides is 1. The van der Waals surface area contributed by atoms with Crippen LogP contribution >= 0.6 is 0 Å². The van der Waals surface area contributed by atoms with Crippen molar-refractivity contribution in [2.75, 3.05) is 12.8 Å². The number of hydrogen-bond acceptors (Lipinski definition) is 6. The number of ether oxygens (including phenoxy) is 1. The van der Waals surface area contributed by atoms with Crippen LogP contribution in [0.25, 0.3) is 11.3 Å². The molecule has 1 aliphatic heterocycles. The van der Waals surface area contributed by atoms with Gasteiger partial charge in [0.2, 0.25) is 10.0 Å². The predicted molar refractivity (Wildman–Crippen MR) is 86.3 cm³/mol. The second kappa shape index (κ2) is 6.74. The van der Waals surface area contributed by atoms with Crippen LogP contribution in [0.2, 0.25) is 0 Å². The Bertz CT molecular complexity index is 816. The highest BCUT2D eigenvalue weighted by atomic mass is 32.2. The van der Waals surface area contributed by atoms with Crippen LogP contribution in [0.1, 0.15) is 18.6 Å². The van der Waals surface area contributed by atoms with Gasteiger partial charge in [-0.3, -0.25) is 4.79 Å². The number of nitrogens with zero attached hydrogens (tertiary/aromatic N) is 2. The summed E-state index contributed by atoms with van der Waals surface area (Å²) in [7, 11) is -3.41. The summed E-state index contributed by atoms with van der Waals surface area (Å²) in [5, 5.41) is 3.94. The minimum Gasteiger partial charge on any atom is -0.456 e. The van der Waals surface area contributed by atoms with E-state index < -0.39 is 22.0 Å². The Balaban J connectivity index is 1.62. The molecule has 2 heterocycles. The van der Waals surface area contributed by atoms with Gasteiger partial charge in [-0.25, -0.2) is 8.42 Å². The maximum atomic E-state index is 12.2. The fourth-order valence-corrected chi connectivity index (χ4v) is 3.85. The summed E-state index contributed by atoms with van der Waals surface area (Å²) in [4.78, 5) is 12.2. The summed E-state index contributed by atoms with van der Waals surface area (Å²) in [6.45, 7) is 0.270. The Kier molecular flexibility index (Phi) is 4.68. The van der Waals surface area contributed by atoms with E-state index in [1.54, 1.807) is 6.07 Å². The molecule has 2 aromatic rings. The van der Waals surface area contributed by atoms with Gasteiger partial charge in [-0.2, -0.15) is 4.31 Å². The first-order chi connectivity index (χ1) is 11.4. The lowest BCUT2D eigenvalue weighted by atomic mass is 10.1. The third kappa shape index (κ3) is 3.65. The van der Waals surface area contributed by atoms with E-state index in [4.69, 9.17) is 9.26 Å². The van der Waals surface area contributed by atoms with Crippen LogP contribution in [-0.4, -0.2) is 42.7 Å². The van der Waals surface area contributed by atoms with Crippen molar-refractivity contribution in [2.45, 2.75) is 25.5 Å². The molecule has 0 bridgehead atoms. The molecule has 0 N–H and O–H groups in total. The van der Waals surface area contributed by atoms with Crippen molar-refractivity contribution in [3.8, 4) is 11.3 Å². The number of aromatic nitrogens is 1. The van der Waals surface area contributed by atoms with Crippen LogP contribution in [-0.2, 0) is 26.2 Å². The number of esters is 1. The molecule has 0 amide bonds. The first-order valence-electron chi connectivity index (χ1n) is 7.59. The van der Waals surface area contributed by atoms with Gasteiger partial charge >= 0.3 is 5.97 Å². The van der Waals surface area contributed by atoms with Gasteiger partial charge in [0.25, 0.3) is 0 Å². The van der Waals surface area contributed by atoms with E-state index in [-0.39, 0.29) is 6.61 Å². The van der Waals surface area contributed by atoms with Gasteiger partial charge in [0.05, 0.1) is 6.26 Å². The zero-order valence-electron chi connectivity index (χ0n) is 13.2. The molecule has 8 heteroatoms. The molecule has 1 atom stereocenters. The van der Waals surface area contributed by atoms with Crippen LogP contribution in [0.4, 0.5) is 0 Å². The van der Waals surface area contributed by atoms with Crippen molar-refractivity contribution < 1.29 is 22.5 Å². The maximum absolute atomic E-state index is 12.2. The van der Waals surface area contributed by atoms with Gasteiger partial charge in [-0.05, 0) is 12.8 Å². The van der Waals surface area contributed by atoms with Gasteiger partial charge in [-0.15, -0.1) is 0 Å². The Hall–Kier alpha value is -2.19. The van der Waals surface area contributed by atoms with Crippen molar-refractivity contribution in [1.29, 1.82) is 0 Å². The van der Waals surface area contributed by atoms with Gasteiger partial charge < -0.3 is 9.26 Å². The van der Waals surface area contributed by atoms with Gasteiger partial charge in [-0.1, -0.05) is 35.5 Å². The first kappa shape index (κ1) is 16.7. The van der Waals surface area contributed by atoms with Crippen molar-refractivity contribution in [3.63, 3.8) is 0 Å². The standard InChI is InChI=1S/C16H18N2O5S/c1-24(20,21)18-9-5-8-15(18)16(19)22-11-13-10-14(17-23-13)12-6-3-2-4-7-12/h2-4,6-7,10,15H,5,8-9,11H2,1H3/t15-/m0/s1. The number of benzene rings is 1. The molecule has 1 aromatic heterocycles. The minimum absolute atomic E-state index is 0.0766. The summed E-state index contributed by atoms with van der Waals surface area (Å²) in [5.74, 6) is -0.151. The zero-order chi connectivity index (χ0) is 17.2. The zero-order valence-corrected chi connectivity index (χ0v) is 14.0. The van der Waals surface area contributed by atoms with E-state index in [9.17, 15) is 13.2 Å². The van der Waals surface area contributed by atoms with Crippen LogP contribution in [0.5, 0.6) is 0 Å². The molecular formula is C16H18N2O5S. The van der Waals surface area contributed by atoms with E-state index in [1.807, 2.05) is 30.3 Å². The Labute approximate surface area is 140 Å². The molecule has 1 aromatic carbocycles. The molecule has 0 radical (unpaired) electrons. The topological polar surface area (TPSA) is 89.7 Å². The van der Waals surface area contributed by atoms with E-state index in [0.717, 1.165) is 11.8 Å². The molecule has 3 rings (SSSR count). The highest BCUT2D eigenvalue weighted by Gasteiger charge is 2.37. The third-order valence-corrected chi connectivity index (χ3v) is 5.18. The molecule has 0 unspecified atom stereocenters. The minimum atomic E-state index is -3.41. The molecule has 0 saturated carbocycles. The second-order valence-corrected chi connectivity index (χ2v) is 7.62.